The van der Waals surface area contributed by atoms with Gasteiger partial charge in [-0.2, -0.15) is 0 Å². The third-order valence-electron chi connectivity index (χ3n) is 2.97. The Morgan fingerprint density at radius 1 is 1.00 bits per heavy atom. The Bertz CT molecular complexity index is 647. The highest BCUT2D eigenvalue weighted by atomic mass is 35.5. The molecule has 0 aliphatic carbocycles. The molecule has 0 saturated carbocycles. The molecule has 0 unspecified atom stereocenters. The Kier molecular flexibility index (Phi) is 5.45. The summed E-state index contributed by atoms with van der Waals surface area (Å²) in [6.45, 7) is 0.501. The fourth-order valence-electron chi connectivity index (χ4n) is 1.89. The van der Waals surface area contributed by atoms with Gasteiger partial charge in [0.25, 0.3) is 0 Å². The highest BCUT2D eigenvalue weighted by Crippen LogP contribution is 2.37. The molecule has 2 aromatic rings. The van der Waals surface area contributed by atoms with Crippen molar-refractivity contribution < 1.29 is 9.47 Å². The van der Waals surface area contributed by atoms with E-state index in [0.29, 0.717) is 33.1 Å². The van der Waals surface area contributed by atoms with Crippen LogP contribution in [0.1, 0.15) is 5.56 Å². The minimum atomic E-state index is 0.501. The minimum absolute atomic E-state index is 0.501. The van der Waals surface area contributed by atoms with E-state index in [4.69, 9.17) is 44.3 Å². The predicted octanol–water partition coefficient (Wildman–Crippen LogP) is 5.28. The molecule has 112 valence electrons. The van der Waals surface area contributed by atoms with Crippen LogP contribution in [0.4, 0.5) is 5.69 Å². The molecule has 0 radical (unpaired) electrons. The average Bonchev–Trinajstić information content (AvgIpc) is 2.47. The van der Waals surface area contributed by atoms with E-state index >= 15 is 0 Å². The second kappa shape index (κ2) is 7.12. The van der Waals surface area contributed by atoms with Crippen LogP contribution in [0.2, 0.25) is 15.1 Å². The van der Waals surface area contributed by atoms with Gasteiger partial charge >= 0.3 is 0 Å². The zero-order valence-electron chi connectivity index (χ0n) is 11.5. The van der Waals surface area contributed by atoms with E-state index in [1.807, 2.05) is 18.2 Å². The Morgan fingerprint density at radius 2 is 1.76 bits per heavy atom. The van der Waals surface area contributed by atoms with Crippen molar-refractivity contribution in [3.05, 3.63) is 51.0 Å². The summed E-state index contributed by atoms with van der Waals surface area (Å²) in [6, 6.07) is 8.96. The summed E-state index contributed by atoms with van der Waals surface area (Å²) in [5.41, 5.74) is 1.66. The maximum Gasteiger partial charge on any atom is 0.179 e. The number of nitrogens with one attached hydrogen (secondary N) is 1. The van der Waals surface area contributed by atoms with Crippen LogP contribution in [0.3, 0.4) is 0 Å². The van der Waals surface area contributed by atoms with E-state index in [2.05, 4.69) is 5.32 Å². The molecule has 0 aliphatic heterocycles. The Labute approximate surface area is 138 Å². The molecule has 0 spiro atoms. The molecule has 2 rings (SSSR count). The first-order chi connectivity index (χ1) is 10.1. The van der Waals surface area contributed by atoms with Gasteiger partial charge in [0.1, 0.15) is 0 Å². The van der Waals surface area contributed by atoms with Crippen LogP contribution in [0.5, 0.6) is 11.5 Å². The van der Waals surface area contributed by atoms with Crippen LogP contribution < -0.4 is 14.8 Å². The lowest BCUT2D eigenvalue weighted by Crippen LogP contribution is -2.02. The fraction of sp³-hybridized carbons (Fsp3) is 0.200. The number of halogens is 3. The Hall–Kier alpha value is -1.29. The lowest BCUT2D eigenvalue weighted by atomic mass is 10.2. The molecule has 0 fully saturated rings. The summed E-state index contributed by atoms with van der Waals surface area (Å²) in [5.74, 6) is 1.11. The summed E-state index contributed by atoms with van der Waals surface area (Å²) in [5, 5.41) is 4.87. The largest absolute Gasteiger partial charge is 0.493 e. The highest BCUT2D eigenvalue weighted by Gasteiger charge is 2.13. The number of anilines is 1. The van der Waals surface area contributed by atoms with E-state index in [1.165, 1.54) is 0 Å². The van der Waals surface area contributed by atoms with E-state index in [1.54, 1.807) is 26.4 Å². The van der Waals surface area contributed by atoms with E-state index in [0.717, 1.165) is 11.3 Å². The van der Waals surface area contributed by atoms with Gasteiger partial charge in [0.15, 0.2) is 11.5 Å². The smallest absolute Gasteiger partial charge is 0.179 e. The van der Waals surface area contributed by atoms with Crippen LogP contribution in [-0.2, 0) is 6.54 Å². The number of rotatable bonds is 5. The number of benzene rings is 2. The maximum absolute atomic E-state index is 6.32. The second-order valence-electron chi connectivity index (χ2n) is 4.25. The molecule has 0 bridgehead atoms. The maximum atomic E-state index is 6.32. The monoisotopic (exact) mass is 345 g/mol. The average molecular weight is 347 g/mol. The van der Waals surface area contributed by atoms with Gasteiger partial charge in [-0.25, -0.2) is 0 Å². The molecule has 2 aromatic carbocycles. The van der Waals surface area contributed by atoms with Gasteiger partial charge in [0, 0.05) is 11.6 Å². The van der Waals surface area contributed by atoms with Gasteiger partial charge in [-0.3, -0.25) is 0 Å². The van der Waals surface area contributed by atoms with E-state index < -0.39 is 0 Å². The summed E-state index contributed by atoms with van der Waals surface area (Å²) >= 11 is 18.3. The summed E-state index contributed by atoms with van der Waals surface area (Å²) in [6.07, 6.45) is 0. The van der Waals surface area contributed by atoms with Crippen molar-refractivity contribution in [1.29, 1.82) is 0 Å². The molecule has 0 aliphatic rings. The van der Waals surface area contributed by atoms with Crippen LogP contribution in [0.15, 0.2) is 30.3 Å². The molecule has 0 amide bonds. The molecule has 0 aromatic heterocycles. The summed E-state index contributed by atoms with van der Waals surface area (Å²) in [7, 11) is 3.12. The first kappa shape index (κ1) is 16.1. The molecule has 6 heteroatoms. The van der Waals surface area contributed by atoms with Gasteiger partial charge in [-0.1, -0.05) is 40.9 Å². The molecular formula is C15H14Cl3NO2. The summed E-state index contributed by atoms with van der Waals surface area (Å²) in [4.78, 5) is 0. The van der Waals surface area contributed by atoms with Gasteiger partial charge in [0.2, 0.25) is 0 Å². The van der Waals surface area contributed by atoms with Gasteiger partial charge < -0.3 is 14.8 Å². The lowest BCUT2D eigenvalue weighted by Gasteiger charge is -2.14. The number of hydrogen-bond acceptors (Lipinski definition) is 3. The number of methoxy groups -OCH3 is 2. The SMILES string of the molecule is COc1ccc(CNc2ccc(Cl)cc2Cl)c(Cl)c1OC. The Morgan fingerprint density at radius 3 is 2.38 bits per heavy atom. The van der Waals surface area contributed by atoms with Crippen LogP contribution in [0, 0.1) is 0 Å². The van der Waals surface area contributed by atoms with Crippen molar-refractivity contribution in [3.63, 3.8) is 0 Å². The standard InChI is InChI=1S/C15H14Cl3NO2/c1-20-13-6-3-9(14(18)15(13)21-2)8-19-12-5-4-10(16)7-11(12)17/h3-7,19H,8H2,1-2H3. The number of ether oxygens (including phenoxy) is 2. The summed E-state index contributed by atoms with van der Waals surface area (Å²) < 4.78 is 10.5. The van der Waals surface area contributed by atoms with Crippen molar-refractivity contribution >= 4 is 40.5 Å². The van der Waals surface area contributed by atoms with Crippen molar-refractivity contribution in [2.45, 2.75) is 6.54 Å². The molecule has 0 heterocycles. The molecule has 3 nitrogen and oxygen atoms in total. The fourth-order valence-corrected chi connectivity index (χ4v) is 2.67. The predicted molar refractivity (Wildman–Crippen MR) is 88.3 cm³/mol. The van der Waals surface area contributed by atoms with E-state index in [9.17, 15) is 0 Å². The molecule has 21 heavy (non-hydrogen) atoms. The minimum Gasteiger partial charge on any atom is -0.493 e. The van der Waals surface area contributed by atoms with Crippen molar-refractivity contribution in [1.82, 2.24) is 0 Å². The van der Waals surface area contributed by atoms with Crippen LogP contribution in [0.25, 0.3) is 0 Å². The van der Waals surface area contributed by atoms with Crippen molar-refractivity contribution in [3.8, 4) is 11.5 Å². The van der Waals surface area contributed by atoms with Crippen LogP contribution >= 0.6 is 34.8 Å². The molecule has 1 N–H and O–H groups in total. The third-order valence-corrected chi connectivity index (χ3v) is 3.93. The van der Waals surface area contributed by atoms with Gasteiger partial charge in [0.05, 0.1) is 30.0 Å². The molecule has 0 atom stereocenters. The van der Waals surface area contributed by atoms with Gasteiger partial charge in [-0.05, 0) is 29.8 Å². The highest BCUT2D eigenvalue weighted by molar-refractivity contribution is 6.36. The second-order valence-corrected chi connectivity index (χ2v) is 5.47. The lowest BCUT2D eigenvalue weighted by molar-refractivity contribution is 0.355. The third kappa shape index (κ3) is 3.67. The van der Waals surface area contributed by atoms with Gasteiger partial charge in [-0.15, -0.1) is 0 Å². The normalized spacial score (nSPS) is 10.3. The topological polar surface area (TPSA) is 30.5 Å². The zero-order chi connectivity index (χ0) is 15.4. The van der Waals surface area contributed by atoms with E-state index in [-0.39, 0.29) is 0 Å². The van der Waals surface area contributed by atoms with Crippen molar-refractivity contribution in [2.75, 3.05) is 19.5 Å². The number of hydrogen-bond donors (Lipinski definition) is 1. The zero-order valence-corrected chi connectivity index (χ0v) is 13.8. The van der Waals surface area contributed by atoms with Crippen molar-refractivity contribution in [2.24, 2.45) is 0 Å². The molecular weight excluding hydrogens is 333 g/mol. The van der Waals surface area contributed by atoms with Crippen LogP contribution in [-0.4, -0.2) is 14.2 Å². The quantitative estimate of drug-likeness (QED) is 0.799. The first-order valence-corrected chi connectivity index (χ1v) is 7.28. The molecule has 0 saturated heterocycles. The first-order valence-electron chi connectivity index (χ1n) is 6.15. The Balaban J connectivity index is 2.20.